The van der Waals surface area contributed by atoms with Gasteiger partial charge < -0.3 is 8.85 Å². The first-order valence-electron chi connectivity index (χ1n) is 6.69. The molecule has 0 saturated carbocycles. The molecule has 0 radical (unpaired) electrons. The third-order valence-electron chi connectivity index (χ3n) is 2.45. The van der Waals surface area contributed by atoms with E-state index in [0.29, 0.717) is 0 Å². The molecular weight excluding hydrogens is 216 g/mol. The molecule has 0 fully saturated rings. The number of hydrogen-bond acceptors (Lipinski definition) is 2. The van der Waals surface area contributed by atoms with Gasteiger partial charge in [0.2, 0.25) is 0 Å². The lowest BCUT2D eigenvalue weighted by molar-refractivity contribution is 0.191. The standard InChI is InChI=1S/C13H28O2Si/c1-4-7-10-13-16(14-11-8-5-2)15-12-9-6-3/h4,16H,1,5-13H2,2-3H3. The van der Waals surface area contributed by atoms with Gasteiger partial charge in [0, 0.05) is 13.2 Å². The second kappa shape index (κ2) is 12.9. The van der Waals surface area contributed by atoms with Crippen molar-refractivity contribution in [2.75, 3.05) is 13.2 Å². The lowest BCUT2D eigenvalue weighted by Crippen LogP contribution is -2.24. The Labute approximate surface area is 103 Å². The van der Waals surface area contributed by atoms with Gasteiger partial charge in [-0.25, -0.2) is 0 Å². The molecule has 0 heterocycles. The van der Waals surface area contributed by atoms with Crippen molar-refractivity contribution in [3.63, 3.8) is 0 Å². The first-order chi connectivity index (χ1) is 7.85. The third kappa shape index (κ3) is 10.4. The van der Waals surface area contributed by atoms with Crippen LogP contribution in [0.2, 0.25) is 6.04 Å². The molecule has 0 amide bonds. The van der Waals surface area contributed by atoms with Crippen molar-refractivity contribution in [1.29, 1.82) is 0 Å². The van der Waals surface area contributed by atoms with Crippen LogP contribution in [0, 0.1) is 0 Å². The molecule has 0 atom stereocenters. The van der Waals surface area contributed by atoms with Gasteiger partial charge in [-0.05, 0) is 31.7 Å². The molecule has 0 aliphatic carbocycles. The maximum absolute atomic E-state index is 5.86. The van der Waals surface area contributed by atoms with Crippen molar-refractivity contribution in [2.24, 2.45) is 0 Å². The minimum Gasteiger partial charge on any atom is -0.397 e. The van der Waals surface area contributed by atoms with Crippen molar-refractivity contribution < 1.29 is 8.85 Å². The largest absolute Gasteiger partial charge is 0.397 e. The fourth-order valence-corrected chi connectivity index (χ4v) is 3.22. The minimum atomic E-state index is -1.38. The summed E-state index contributed by atoms with van der Waals surface area (Å²) in [6, 6.07) is 1.12. The molecule has 0 aromatic rings. The van der Waals surface area contributed by atoms with Crippen LogP contribution in [0.4, 0.5) is 0 Å². The summed E-state index contributed by atoms with van der Waals surface area (Å²) in [7, 11) is -1.38. The van der Waals surface area contributed by atoms with Crippen molar-refractivity contribution in [3.05, 3.63) is 12.7 Å². The highest BCUT2D eigenvalue weighted by Crippen LogP contribution is 2.07. The Bertz CT molecular complexity index is 141. The van der Waals surface area contributed by atoms with Gasteiger partial charge in [0.05, 0.1) is 0 Å². The van der Waals surface area contributed by atoms with E-state index < -0.39 is 9.28 Å². The zero-order valence-electron chi connectivity index (χ0n) is 11.0. The van der Waals surface area contributed by atoms with Gasteiger partial charge in [-0.2, -0.15) is 0 Å². The molecule has 0 aromatic heterocycles. The molecule has 3 heteroatoms. The highest BCUT2D eigenvalue weighted by molar-refractivity contribution is 6.44. The summed E-state index contributed by atoms with van der Waals surface area (Å²) in [4.78, 5) is 0. The van der Waals surface area contributed by atoms with Crippen LogP contribution in [-0.2, 0) is 8.85 Å². The molecule has 0 rings (SSSR count). The summed E-state index contributed by atoms with van der Waals surface area (Å²) in [5, 5.41) is 0. The molecule has 0 aliphatic heterocycles. The molecule has 0 aliphatic rings. The molecule has 0 bridgehead atoms. The third-order valence-corrected chi connectivity index (χ3v) is 4.55. The SMILES string of the molecule is C=CCCC[SiH](OCCCC)OCCCC. The second-order valence-electron chi connectivity index (χ2n) is 4.10. The zero-order valence-corrected chi connectivity index (χ0v) is 12.2. The molecule has 96 valence electrons. The van der Waals surface area contributed by atoms with E-state index in [1.807, 2.05) is 6.08 Å². The van der Waals surface area contributed by atoms with Gasteiger partial charge in [0.15, 0.2) is 0 Å². The fraction of sp³-hybridized carbons (Fsp3) is 0.846. The summed E-state index contributed by atoms with van der Waals surface area (Å²) in [6.45, 7) is 9.89. The maximum Gasteiger partial charge on any atom is 0.321 e. The monoisotopic (exact) mass is 244 g/mol. The van der Waals surface area contributed by atoms with Gasteiger partial charge in [-0.1, -0.05) is 32.8 Å². The quantitative estimate of drug-likeness (QED) is 0.295. The predicted octanol–water partition coefficient (Wildman–Crippen LogP) is 3.81. The lowest BCUT2D eigenvalue weighted by atomic mass is 10.3. The zero-order chi connectivity index (χ0) is 12.1. The number of hydrogen-bond donors (Lipinski definition) is 0. The Morgan fingerprint density at radius 1 is 1.00 bits per heavy atom. The Balaban J connectivity index is 3.62. The fourth-order valence-electron chi connectivity index (χ4n) is 1.36. The van der Waals surface area contributed by atoms with E-state index in [9.17, 15) is 0 Å². The summed E-state index contributed by atoms with van der Waals surface area (Å²) in [5.74, 6) is 0. The van der Waals surface area contributed by atoms with Crippen LogP contribution in [0.1, 0.15) is 52.4 Å². The van der Waals surface area contributed by atoms with Crippen molar-refractivity contribution >= 4 is 9.28 Å². The van der Waals surface area contributed by atoms with Crippen molar-refractivity contribution in [1.82, 2.24) is 0 Å². The van der Waals surface area contributed by atoms with Crippen LogP contribution < -0.4 is 0 Å². The summed E-state index contributed by atoms with van der Waals surface area (Å²) in [5.41, 5.74) is 0. The van der Waals surface area contributed by atoms with E-state index in [4.69, 9.17) is 8.85 Å². The number of unbranched alkanes of at least 4 members (excludes halogenated alkanes) is 3. The first kappa shape index (κ1) is 15.9. The normalized spacial score (nSPS) is 10.9. The highest BCUT2D eigenvalue weighted by atomic mass is 28.3. The Hall–Kier alpha value is -0.123. The molecule has 0 saturated heterocycles. The van der Waals surface area contributed by atoms with Gasteiger partial charge >= 0.3 is 9.28 Å². The average molecular weight is 244 g/mol. The molecule has 0 aromatic carbocycles. The summed E-state index contributed by atoms with van der Waals surface area (Å²) >= 11 is 0. The molecule has 0 N–H and O–H groups in total. The van der Waals surface area contributed by atoms with E-state index in [1.165, 1.54) is 19.3 Å². The number of allylic oxidation sites excluding steroid dienone is 1. The highest BCUT2D eigenvalue weighted by Gasteiger charge is 2.12. The van der Waals surface area contributed by atoms with Crippen LogP contribution in [-0.4, -0.2) is 22.5 Å². The predicted molar refractivity (Wildman–Crippen MR) is 73.1 cm³/mol. The first-order valence-corrected chi connectivity index (χ1v) is 8.45. The molecule has 0 spiro atoms. The van der Waals surface area contributed by atoms with Crippen molar-refractivity contribution in [3.8, 4) is 0 Å². The van der Waals surface area contributed by atoms with E-state index in [1.54, 1.807) is 0 Å². The smallest absolute Gasteiger partial charge is 0.321 e. The maximum atomic E-state index is 5.86. The van der Waals surface area contributed by atoms with Gasteiger partial charge in [-0.3, -0.25) is 0 Å². The summed E-state index contributed by atoms with van der Waals surface area (Å²) in [6.07, 6.45) is 8.93. The molecule has 0 unspecified atom stereocenters. The molecular formula is C13H28O2Si. The van der Waals surface area contributed by atoms with Gasteiger partial charge in [0.1, 0.15) is 0 Å². The molecule has 16 heavy (non-hydrogen) atoms. The van der Waals surface area contributed by atoms with Crippen molar-refractivity contribution in [2.45, 2.75) is 58.4 Å². The average Bonchev–Trinajstić information content (AvgIpc) is 2.29. The van der Waals surface area contributed by atoms with Crippen LogP contribution in [0.15, 0.2) is 12.7 Å². The number of rotatable bonds is 12. The van der Waals surface area contributed by atoms with Crippen LogP contribution in [0.25, 0.3) is 0 Å². The Kier molecular flexibility index (Phi) is 12.8. The minimum absolute atomic E-state index is 0.883. The van der Waals surface area contributed by atoms with Crippen LogP contribution >= 0.6 is 0 Å². The van der Waals surface area contributed by atoms with E-state index in [-0.39, 0.29) is 0 Å². The van der Waals surface area contributed by atoms with Crippen LogP contribution in [0.5, 0.6) is 0 Å². The molecule has 2 nitrogen and oxygen atoms in total. The summed E-state index contributed by atoms with van der Waals surface area (Å²) < 4.78 is 11.7. The second-order valence-corrected chi connectivity index (χ2v) is 6.20. The van der Waals surface area contributed by atoms with Gasteiger partial charge in [0.25, 0.3) is 0 Å². The topological polar surface area (TPSA) is 18.5 Å². The van der Waals surface area contributed by atoms with E-state index in [2.05, 4.69) is 20.4 Å². The Morgan fingerprint density at radius 2 is 1.56 bits per heavy atom. The van der Waals surface area contributed by atoms with Crippen LogP contribution in [0.3, 0.4) is 0 Å². The lowest BCUT2D eigenvalue weighted by Gasteiger charge is -2.16. The van der Waals surface area contributed by atoms with E-state index in [0.717, 1.165) is 38.5 Å². The van der Waals surface area contributed by atoms with E-state index >= 15 is 0 Å². The van der Waals surface area contributed by atoms with Gasteiger partial charge in [-0.15, -0.1) is 6.58 Å². The Morgan fingerprint density at radius 3 is 2.00 bits per heavy atom.